The SMILES string of the molecule is COCc1ccccc1NC(N)=NCCCOc1ccc(F)cc1. The third-order valence-electron chi connectivity index (χ3n) is 3.25. The summed E-state index contributed by atoms with van der Waals surface area (Å²) in [5.41, 5.74) is 7.79. The standard InChI is InChI=1S/C18H22FN3O2/c1-23-13-14-5-2-3-6-17(14)22-18(20)21-11-4-12-24-16-9-7-15(19)8-10-16/h2-3,5-10H,4,11-13H2,1H3,(H3,20,21,22). The average molecular weight is 331 g/mol. The van der Waals surface area contributed by atoms with Crippen LogP contribution in [0.15, 0.2) is 53.5 Å². The summed E-state index contributed by atoms with van der Waals surface area (Å²) in [6.45, 7) is 1.52. The maximum atomic E-state index is 12.8. The highest BCUT2D eigenvalue weighted by Gasteiger charge is 2.02. The summed E-state index contributed by atoms with van der Waals surface area (Å²) < 4.78 is 23.4. The molecule has 0 saturated heterocycles. The Morgan fingerprint density at radius 2 is 1.92 bits per heavy atom. The third-order valence-corrected chi connectivity index (χ3v) is 3.25. The molecule has 0 aromatic heterocycles. The number of methoxy groups -OCH3 is 1. The van der Waals surface area contributed by atoms with Gasteiger partial charge in [-0.15, -0.1) is 0 Å². The zero-order valence-corrected chi connectivity index (χ0v) is 13.7. The minimum Gasteiger partial charge on any atom is -0.494 e. The number of rotatable bonds is 8. The van der Waals surface area contributed by atoms with Gasteiger partial charge in [0.1, 0.15) is 11.6 Å². The van der Waals surface area contributed by atoms with Gasteiger partial charge >= 0.3 is 0 Å². The summed E-state index contributed by atoms with van der Waals surface area (Å²) in [5.74, 6) is 0.708. The van der Waals surface area contributed by atoms with Crippen LogP contribution in [-0.4, -0.2) is 26.2 Å². The quantitative estimate of drug-likeness (QED) is 0.443. The van der Waals surface area contributed by atoms with Gasteiger partial charge in [-0.25, -0.2) is 4.39 Å². The Kier molecular flexibility index (Phi) is 7.04. The van der Waals surface area contributed by atoms with Gasteiger partial charge in [0, 0.05) is 31.3 Å². The van der Waals surface area contributed by atoms with Crippen molar-refractivity contribution in [2.24, 2.45) is 10.7 Å². The molecule has 128 valence electrons. The molecule has 0 saturated carbocycles. The van der Waals surface area contributed by atoms with E-state index in [0.717, 1.165) is 11.3 Å². The van der Waals surface area contributed by atoms with E-state index >= 15 is 0 Å². The Hall–Kier alpha value is -2.60. The van der Waals surface area contributed by atoms with Crippen LogP contribution >= 0.6 is 0 Å². The molecule has 0 heterocycles. The Bertz CT molecular complexity index is 660. The molecule has 0 atom stereocenters. The van der Waals surface area contributed by atoms with Crippen LogP contribution in [0.25, 0.3) is 0 Å². The van der Waals surface area contributed by atoms with Crippen molar-refractivity contribution in [3.8, 4) is 5.75 Å². The van der Waals surface area contributed by atoms with Gasteiger partial charge in [-0.3, -0.25) is 4.99 Å². The number of nitrogens with one attached hydrogen (secondary N) is 1. The van der Waals surface area contributed by atoms with Gasteiger partial charge in [0.2, 0.25) is 0 Å². The average Bonchev–Trinajstić information content (AvgIpc) is 2.58. The van der Waals surface area contributed by atoms with Crippen LogP contribution in [0.1, 0.15) is 12.0 Å². The molecule has 0 bridgehead atoms. The second kappa shape index (κ2) is 9.52. The Morgan fingerprint density at radius 1 is 1.17 bits per heavy atom. The second-order valence-electron chi connectivity index (χ2n) is 5.14. The Labute approximate surface area is 141 Å². The number of nitrogens with zero attached hydrogens (tertiary/aromatic N) is 1. The minimum absolute atomic E-state index is 0.278. The van der Waals surface area contributed by atoms with Crippen LogP contribution in [0.2, 0.25) is 0 Å². The fourth-order valence-corrected chi connectivity index (χ4v) is 2.09. The fraction of sp³-hybridized carbons (Fsp3) is 0.278. The lowest BCUT2D eigenvalue weighted by Gasteiger charge is -2.11. The molecule has 0 unspecified atom stereocenters. The molecule has 0 fully saturated rings. The maximum absolute atomic E-state index is 12.8. The normalized spacial score (nSPS) is 11.3. The molecule has 0 radical (unpaired) electrons. The molecule has 0 spiro atoms. The molecule has 2 rings (SSSR count). The summed E-state index contributed by atoms with van der Waals surface area (Å²) >= 11 is 0. The monoisotopic (exact) mass is 331 g/mol. The highest BCUT2D eigenvalue weighted by molar-refractivity contribution is 5.92. The third kappa shape index (κ3) is 5.89. The predicted molar refractivity (Wildman–Crippen MR) is 93.8 cm³/mol. The topological polar surface area (TPSA) is 68.9 Å². The zero-order valence-electron chi connectivity index (χ0n) is 13.7. The number of ether oxygens (including phenoxy) is 2. The Balaban J connectivity index is 1.75. The molecule has 2 aromatic carbocycles. The van der Waals surface area contributed by atoms with Crippen molar-refractivity contribution >= 4 is 11.6 Å². The summed E-state index contributed by atoms with van der Waals surface area (Å²) in [6, 6.07) is 13.7. The lowest BCUT2D eigenvalue weighted by molar-refractivity contribution is 0.185. The first-order chi connectivity index (χ1) is 11.7. The number of guanidine groups is 1. The van der Waals surface area contributed by atoms with Crippen LogP contribution in [0, 0.1) is 5.82 Å². The van der Waals surface area contributed by atoms with E-state index < -0.39 is 0 Å². The van der Waals surface area contributed by atoms with Crippen molar-refractivity contribution in [3.05, 3.63) is 59.9 Å². The first-order valence-electron chi connectivity index (χ1n) is 7.71. The van der Waals surface area contributed by atoms with Crippen LogP contribution in [-0.2, 0) is 11.3 Å². The molecule has 2 aromatic rings. The van der Waals surface area contributed by atoms with Gasteiger partial charge in [0.15, 0.2) is 5.96 Å². The lowest BCUT2D eigenvalue weighted by atomic mass is 10.2. The molecule has 0 aliphatic rings. The zero-order chi connectivity index (χ0) is 17.2. The van der Waals surface area contributed by atoms with Gasteiger partial charge in [-0.05, 0) is 30.3 Å². The summed E-state index contributed by atoms with van der Waals surface area (Å²) in [6.07, 6.45) is 0.708. The Morgan fingerprint density at radius 3 is 2.67 bits per heavy atom. The minimum atomic E-state index is -0.278. The molecular formula is C18H22FN3O2. The van der Waals surface area contributed by atoms with Gasteiger partial charge in [-0.1, -0.05) is 18.2 Å². The van der Waals surface area contributed by atoms with E-state index in [1.165, 1.54) is 12.1 Å². The number of benzene rings is 2. The lowest BCUT2D eigenvalue weighted by Crippen LogP contribution is -2.23. The number of hydrogen-bond donors (Lipinski definition) is 2. The molecule has 5 nitrogen and oxygen atoms in total. The number of anilines is 1. The fourth-order valence-electron chi connectivity index (χ4n) is 2.09. The molecule has 24 heavy (non-hydrogen) atoms. The number of para-hydroxylation sites is 1. The maximum Gasteiger partial charge on any atom is 0.193 e. The molecule has 0 aliphatic heterocycles. The molecule has 0 amide bonds. The number of nitrogens with two attached hydrogens (primary N) is 1. The smallest absolute Gasteiger partial charge is 0.193 e. The molecule has 3 N–H and O–H groups in total. The summed E-state index contributed by atoms with van der Waals surface area (Å²) in [7, 11) is 1.65. The van der Waals surface area contributed by atoms with Gasteiger partial charge in [0.25, 0.3) is 0 Å². The number of halogens is 1. The van der Waals surface area contributed by atoms with Gasteiger partial charge < -0.3 is 20.5 Å². The summed E-state index contributed by atoms with van der Waals surface area (Å²) in [4.78, 5) is 4.27. The van der Waals surface area contributed by atoms with E-state index in [1.807, 2.05) is 24.3 Å². The van der Waals surface area contributed by atoms with Crippen molar-refractivity contribution in [1.82, 2.24) is 0 Å². The van der Waals surface area contributed by atoms with Crippen molar-refractivity contribution < 1.29 is 13.9 Å². The van der Waals surface area contributed by atoms with Gasteiger partial charge in [0.05, 0.1) is 13.2 Å². The number of aliphatic imine (C=N–C) groups is 1. The van der Waals surface area contributed by atoms with E-state index in [1.54, 1.807) is 19.2 Å². The predicted octanol–water partition coefficient (Wildman–Crippen LogP) is 3.17. The van der Waals surface area contributed by atoms with E-state index in [9.17, 15) is 4.39 Å². The molecule has 6 heteroatoms. The second-order valence-corrected chi connectivity index (χ2v) is 5.14. The number of hydrogen-bond acceptors (Lipinski definition) is 3. The van der Waals surface area contributed by atoms with E-state index in [0.29, 0.717) is 37.9 Å². The summed E-state index contributed by atoms with van der Waals surface area (Å²) in [5, 5.41) is 3.08. The van der Waals surface area contributed by atoms with Crippen LogP contribution in [0.4, 0.5) is 10.1 Å². The van der Waals surface area contributed by atoms with E-state index in [4.69, 9.17) is 15.2 Å². The van der Waals surface area contributed by atoms with Gasteiger partial charge in [-0.2, -0.15) is 0 Å². The van der Waals surface area contributed by atoms with Crippen molar-refractivity contribution in [1.29, 1.82) is 0 Å². The van der Waals surface area contributed by atoms with Crippen LogP contribution in [0.3, 0.4) is 0 Å². The van der Waals surface area contributed by atoms with Crippen LogP contribution < -0.4 is 15.8 Å². The molecular weight excluding hydrogens is 309 g/mol. The largest absolute Gasteiger partial charge is 0.494 e. The molecule has 0 aliphatic carbocycles. The van der Waals surface area contributed by atoms with E-state index in [-0.39, 0.29) is 5.82 Å². The van der Waals surface area contributed by atoms with Crippen molar-refractivity contribution in [2.75, 3.05) is 25.6 Å². The highest BCUT2D eigenvalue weighted by atomic mass is 19.1. The van der Waals surface area contributed by atoms with Crippen molar-refractivity contribution in [3.63, 3.8) is 0 Å². The first-order valence-corrected chi connectivity index (χ1v) is 7.71. The van der Waals surface area contributed by atoms with Crippen LogP contribution in [0.5, 0.6) is 5.75 Å². The van der Waals surface area contributed by atoms with Crippen molar-refractivity contribution in [2.45, 2.75) is 13.0 Å². The highest BCUT2D eigenvalue weighted by Crippen LogP contribution is 2.15. The van der Waals surface area contributed by atoms with E-state index in [2.05, 4.69) is 10.3 Å². The first kappa shape index (κ1) is 17.7.